The summed E-state index contributed by atoms with van der Waals surface area (Å²) in [4.78, 5) is 21.4. The fourth-order valence-electron chi connectivity index (χ4n) is 0.740. The number of carboxylic acid groups (broad SMARTS) is 1. The molecular formula is C7H5BrO5. The maximum absolute atomic E-state index is 11.0. The van der Waals surface area contributed by atoms with Crippen LogP contribution in [-0.4, -0.2) is 18.2 Å². The van der Waals surface area contributed by atoms with E-state index in [9.17, 15) is 9.59 Å². The molecule has 5 nitrogen and oxygen atoms in total. The predicted octanol–water partition coefficient (Wildman–Crippen LogP) is 1.11. The molecule has 13 heavy (non-hydrogen) atoms. The Morgan fingerprint density at radius 3 is 2.69 bits per heavy atom. The van der Waals surface area contributed by atoms with Crippen LogP contribution in [-0.2, 0) is 0 Å². The van der Waals surface area contributed by atoms with Crippen molar-refractivity contribution in [1.82, 2.24) is 0 Å². The first-order valence-electron chi connectivity index (χ1n) is 3.17. The Labute approximate surface area is 81.1 Å². The zero-order valence-corrected chi connectivity index (χ0v) is 8.12. The third-order valence-electron chi connectivity index (χ3n) is 1.28. The maximum Gasteiger partial charge on any atom is 0.380 e. The minimum Gasteiger partial charge on any atom is -0.489 e. The lowest BCUT2D eigenvalue weighted by atomic mass is 10.4. The quantitative estimate of drug-likeness (QED) is 0.849. The van der Waals surface area contributed by atoms with E-state index < -0.39 is 17.4 Å². The molecule has 0 spiro atoms. The third kappa shape index (κ3) is 1.89. The molecule has 0 saturated heterocycles. The maximum atomic E-state index is 11.0. The summed E-state index contributed by atoms with van der Waals surface area (Å²) in [5.41, 5.74) is -0.825. The van der Waals surface area contributed by atoms with E-state index in [1.807, 2.05) is 0 Å². The predicted molar refractivity (Wildman–Crippen MR) is 46.2 cm³/mol. The number of hydrogen-bond donors (Lipinski definition) is 1. The van der Waals surface area contributed by atoms with Crippen molar-refractivity contribution in [2.45, 2.75) is 0 Å². The molecule has 1 aromatic heterocycles. The largest absolute Gasteiger partial charge is 0.489 e. The highest BCUT2D eigenvalue weighted by molar-refractivity contribution is 9.10. The van der Waals surface area contributed by atoms with E-state index in [1.165, 1.54) is 7.11 Å². The summed E-state index contributed by atoms with van der Waals surface area (Å²) in [5.74, 6) is -1.79. The molecule has 1 aromatic rings. The van der Waals surface area contributed by atoms with E-state index in [4.69, 9.17) is 5.11 Å². The minimum atomic E-state index is -1.31. The molecule has 0 aliphatic rings. The highest BCUT2D eigenvalue weighted by Gasteiger charge is 2.14. The molecule has 0 atom stereocenters. The molecule has 0 radical (unpaired) electrons. The van der Waals surface area contributed by atoms with E-state index in [1.54, 1.807) is 0 Å². The van der Waals surface area contributed by atoms with Crippen molar-refractivity contribution in [3.63, 3.8) is 0 Å². The molecule has 0 saturated carbocycles. The Morgan fingerprint density at radius 1 is 1.69 bits per heavy atom. The van der Waals surface area contributed by atoms with Gasteiger partial charge in [0.15, 0.2) is 0 Å². The molecule has 0 fully saturated rings. The Bertz CT molecular complexity index is 394. The van der Waals surface area contributed by atoms with Gasteiger partial charge in [0.1, 0.15) is 0 Å². The number of hydrogen-bond acceptors (Lipinski definition) is 4. The van der Waals surface area contributed by atoms with Crippen molar-refractivity contribution in [2.75, 3.05) is 7.11 Å². The van der Waals surface area contributed by atoms with Gasteiger partial charge < -0.3 is 14.3 Å². The third-order valence-corrected chi connectivity index (χ3v) is 1.87. The highest BCUT2D eigenvalue weighted by Crippen LogP contribution is 2.21. The molecule has 1 heterocycles. The average molecular weight is 249 g/mol. The molecule has 0 aliphatic carbocycles. The zero-order valence-electron chi connectivity index (χ0n) is 6.54. The Hall–Kier alpha value is -1.30. The minimum absolute atomic E-state index is 0.0509. The van der Waals surface area contributed by atoms with Gasteiger partial charge in [-0.1, -0.05) is 0 Å². The van der Waals surface area contributed by atoms with Gasteiger partial charge in [0.05, 0.1) is 11.6 Å². The van der Waals surface area contributed by atoms with Gasteiger partial charge in [0.2, 0.25) is 11.5 Å². The van der Waals surface area contributed by atoms with Crippen molar-refractivity contribution >= 4 is 21.9 Å². The topological polar surface area (TPSA) is 76.7 Å². The number of methoxy groups -OCH3 is 1. The molecule has 0 bridgehead atoms. The molecule has 0 unspecified atom stereocenters. The highest BCUT2D eigenvalue weighted by atomic mass is 79.9. The summed E-state index contributed by atoms with van der Waals surface area (Å²) >= 11 is 2.98. The first-order chi connectivity index (χ1) is 6.06. The van der Waals surface area contributed by atoms with Crippen molar-refractivity contribution in [2.24, 2.45) is 0 Å². The van der Waals surface area contributed by atoms with Gasteiger partial charge in [0, 0.05) is 6.07 Å². The van der Waals surface area contributed by atoms with Crippen molar-refractivity contribution < 1.29 is 19.1 Å². The van der Waals surface area contributed by atoms with Gasteiger partial charge in [-0.15, -0.1) is 0 Å². The van der Waals surface area contributed by atoms with Crippen LogP contribution in [0.1, 0.15) is 10.6 Å². The summed E-state index contributed by atoms with van der Waals surface area (Å²) < 4.78 is 9.35. The second kappa shape index (κ2) is 3.61. The molecule has 1 N–H and O–H groups in total. The second-order valence-electron chi connectivity index (χ2n) is 2.08. The number of carbonyl (C=O) groups is 1. The van der Waals surface area contributed by atoms with Crippen molar-refractivity contribution in [3.05, 3.63) is 26.7 Å². The smallest absolute Gasteiger partial charge is 0.380 e. The SMILES string of the molecule is COc1c(Br)cc(C(=O)O)oc1=O. The van der Waals surface area contributed by atoms with Gasteiger partial charge >= 0.3 is 11.6 Å². The van der Waals surface area contributed by atoms with Crippen LogP contribution in [0.3, 0.4) is 0 Å². The van der Waals surface area contributed by atoms with Crippen LogP contribution in [0.5, 0.6) is 5.75 Å². The standard InChI is InChI=1S/C7H5BrO5/c1-12-5-3(8)2-4(6(9)10)13-7(5)11/h2H,1H3,(H,9,10). The molecule has 6 heteroatoms. The molecule has 0 amide bonds. The van der Waals surface area contributed by atoms with Gasteiger partial charge in [-0.2, -0.15) is 0 Å². The summed E-state index contributed by atoms with van der Waals surface area (Å²) in [5, 5.41) is 8.50. The Morgan fingerprint density at radius 2 is 2.31 bits per heavy atom. The van der Waals surface area contributed by atoms with Crippen LogP contribution in [0.2, 0.25) is 0 Å². The van der Waals surface area contributed by atoms with Crippen LogP contribution < -0.4 is 10.4 Å². The lowest BCUT2D eigenvalue weighted by Crippen LogP contribution is -2.09. The molecular weight excluding hydrogens is 244 g/mol. The average Bonchev–Trinajstić information content (AvgIpc) is 2.03. The normalized spacial score (nSPS) is 9.69. The van der Waals surface area contributed by atoms with Gasteiger partial charge in [-0.3, -0.25) is 0 Å². The van der Waals surface area contributed by atoms with E-state index in [0.29, 0.717) is 0 Å². The number of rotatable bonds is 2. The van der Waals surface area contributed by atoms with E-state index in [0.717, 1.165) is 6.07 Å². The lowest BCUT2D eigenvalue weighted by molar-refractivity contribution is 0.0656. The number of carboxylic acids is 1. The summed E-state index contributed by atoms with van der Waals surface area (Å²) in [6, 6.07) is 1.16. The van der Waals surface area contributed by atoms with Crippen LogP contribution in [0.15, 0.2) is 19.8 Å². The summed E-state index contributed by atoms with van der Waals surface area (Å²) in [6.45, 7) is 0. The molecule has 0 aromatic carbocycles. The lowest BCUT2D eigenvalue weighted by Gasteiger charge is -2.00. The van der Waals surface area contributed by atoms with E-state index in [2.05, 4.69) is 25.1 Å². The Kier molecular flexibility index (Phi) is 2.72. The molecule has 70 valence electrons. The summed E-state index contributed by atoms with van der Waals surface area (Å²) in [7, 11) is 1.29. The number of aromatic carboxylic acids is 1. The van der Waals surface area contributed by atoms with E-state index >= 15 is 0 Å². The van der Waals surface area contributed by atoms with Crippen LogP contribution in [0.25, 0.3) is 0 Å². The van der Waals surface area contributed by atoms with Gasteiger partial charge in [-0.05, 0) is 15.9 Å². The van der Waals surface area contributed by atoms with Gasteiger partial charge in [-0.25, -0.2) is 9.59 Å². The van der Waals surface area contributed by atoms with Crippen LogP contribution in [0, 0.1) is 0 Å². The zero-order chi connectivity index (χ0) is 10.0. The van der Waals surface area contributed by atoms with Crippen LogP contribution >= 0.6 is 15.9 Å². The van der Waals surface area contributed by atoms with Gasteiger partial charge in [0.25, 0.3) is 0 Å². The summed E-state index contributed by atoms with van der Waals surface area (Å²) in [6.07, 6.45) is 0. The first-order valence-corrected chi connectivity index (χ1v) is 3.96. The molecule has 1 rings (SSSR count). The van der Waals surface area contributed by atoms with Crippen molar-refractivity contribution in [3.8, 4) is 5.75 Å². The molecule has 0 aliphatic heterocycles. The fraction of sp³-hybridized carbons (Fsp3) is 0.143. The van der Waals surface area contributed by atoms with Crippen molar-refractivity contribution in [1.29, 1.82) is 0 Å². The Balaban J connectivity index is 3.37. The second-order valence-corrected chi connectivity index (χ2v) is 2.94. The first kappa shape index (κ1) is 9.79. The number of ether oxygens (including phenoxy) is 1. The fourth-order valence-corrected chi connectivity index (χ4v) is 1.27. The monoisotopic (exact) mass is 248 g/mol. The van der Waals surface area contributed by atoms with E-state index in [-0.39, 0.29) is 10.2 Å². The number of halogens is 1. The van der Waals surface area contributed by atoms with Crippen LogP contribution in [0.4, 0.5) is 0 Å².